The molecule has 1 atom stereocenters. The highest BCUT2D eigenvalue weighted by Gasteiger charge is 2.44. The van der Waals surface area contributed by atoms with Gasteiger partial charge in [-0.05, 0) is 23.9 Å². The van der Waals surface area contributed by atoms with E-state index in [1.165, 1.54) is 16.5 Å². The fraction of sp³-hybridized carbons (Fsp3) is 0.303. The summed E-state index contributed by atoms with van der Waals surface area (Å²) in [5, 5.41) is 1.85. The fourth-order valence-corrected chi connectivity index (χ4v) is 6.49. The number of anilines is 2. The van der Waals surface area contributed by atoms with Crippen LogP contribution in [-0.2, 0) is 30.2 Å². The number of benzene rings is 3. The van der Waals surface area contributed by atoms with Crippen LogP contribution in [0.4, 0.5) is 11.6 Å². The van der Waals surface area contributed by atoms with E-state index in [9.17, 15) is 19.2 Å². The molecule has 2 fully saturated rings. The topological polar surface area (TPSA) is 106 Å². The standard InChI is InChI=1S/C33H33N7O4/c1-21-11-13-22(14-12-21)20-39-28-29(35(2)33(44)36(3)31(28)43)34-32(39)38-17-15-37(16-18-38)26-19-27(41)40(30(26)42)25-10-6-8-23-7-4-5-9-24(23)25/h4-14,26H,15-20H2,1-3H3. The molecule has 2 saturated heterocycles. The first kappa shape index (κ1) is 27.8. The van der Waals surface area contributed by atoms with Gasteiger partial charge in [-0.2, -0.15) is 4.98 Å². The number of aryl methyl sites for hydroxylation is 2. The lowest BCUT2D eigenvalue weighted by Crippen LogP contribution is -2.53. The Labute approximate surface area is 253 Å². The predicted molar refractivity (Wildman–Crippen MR) is 169 cm³/mol. The second-order valence-electron chi connectivity index (χ2n) is 11.7. The average Bonchev–Trinajstić information content (AvgIpc) is 3.56. The van der Waals surface area contributed by atoms with E-state index >= 15 is 0 Å². The van der Waals surface area contributed by atoms with Gasteiger partial charge in [0.15, 0.2) is 11.2 Å². The van der Waals surface area contributed by atoms with Crippen LogP contribution in [0.15, 0.2) is 76.3 Å². The Balaban J connectivity index is 1.17. The third kappa shape index (κ3) is 4.43. The molecule has 44 heavy (non-hydrogen) atoms. The van der Waals surface area contributed by atoms with Crippen LogP contribution in [0.25, 0.3) is 21.9 Å². The predicted octanol–water partition coefficient (Wildman–Crippen LogP) is 2.40. The van der Waals surface area contributed by atoms with Crippen LogP contribution < -0.4 is 21.0 Å². The smallest absolute Gasteiger partial charge is 0.332 e. The highest BCUT2D eigenvalue weighted by Crippen LogP contribution is 2.33. The third-order valence-corrected chi connectivity index (χ3v) is 8.96. The van der Waals surface area contributed by atoms with Gasteiger partial charge in [0, 0.05) is 45.7 Å². The maximum atomic E-state index is 13.7. The molecule has 224 valence electrons. The summed E-state index contributed by atoms with van der Waals surface area (Å²) < 4.78 is 4.42. The molecule has 2 aliphatic heterocycles. The summed E-state index contributed by atoms with van der Waals surface area (Å²) in [6, 6.07) is 21.0. The summed E-state index contributed by atoms with van der Waals surface area (Å²) in [6.07, 6.45) is 0.131. The molecule has 2 aromatic heterocycles. The lowest BCUT2D eigenvalue weighted by Gasteiger charge is -2.37. The van der Waals surface area contributed by atoms with Gasteiger partial charge in [0.2, 0.25) is 11.9 Å². The molecule has 4 heterocycles. The van der Waals surface area contributed by atoms with E-state index < -0.39 is 17.3 Å². The van der Waals surface area contributed by atoms with Crippen LogP contribution in [0.1, 0.15) is 17.5 Å². The van der Waals surface area contributed by atoms with Crippen molar-refractivity contribution < 1.29 is 9.59 Å². The average molecular weight is 592 g/mol. The van der Waals surface area contributed by atoms with Gasteiger partial charge in [0.1, 0.15) is 0 Å². The van der Waals surface area contributed by atoms with Gasteiger partial charge in [0.05, 0.1) is 24.7 Å². The molecular formula is C33H33N7O4. The van der Waals surface area contributed by atoms with Crippen molar-refractivity contribution in [3.8, 4) is 0 Å². The molecule has 5 aromatic rings. The number of nitrogens with zero attached hydrogens (tertiary/aromatic N) is 7. The molecule has 0 aliphatic carbocycles. The molecule has 11 nitrogen and oxygen atoms in total. The Morgan fingerprint density at radius 3 is 2.27 bits per heavy atom. The molecule has 2 aliphatic rings. The van der Waals surface area contributed by atoms with Crippen LogP contribution in [0.5, 0.6) is 0 Å². The summed E-state index contributed by atoms with van der Waals surface area (Å²) in [7, 11) is 3.10. The number of aromatic nitrogens is 4. The maximum absolute atomic E-state index is 13.7. The lowest BCUT2D eigenvalue weighted by molar-refractivity contribution is -0.123. The monoisotopic (exact) mass is 591 g/mol. The van der Waals surface area contributed by atoms with Crippen molar-refractivity contribution in [1.82, 2.24) is 23.6 Å². The molecular weight excluding hydrogens is 558 g/mol. The molecule has 3 aromatic carbocycles. The van der Waals surface area contributed by atoms with Crippen molar-refractivity contribution in [2.24, 2.45) is 14.1 Å². The van der Waals surface area contributed by atoms with Crippen molar-refractivity contribution >= 4 is 45.4 Å². The van der Waals surface area contributed by atoms with Crippen molar-refractivity contribution in [3.63, 3.8) is 0 Å². The van der Waals surface area contributed by atoms with Crippen molar-refractivity contribution in [1.29, 1.82) is 0 Å². The van der Waals surface area contributed by atoms with Gasteiger partial charge < -0.3 is 4.90 Å². The molecule has 0 spiro atoms. The lowest BCUT2D eigenvalue weighted by atomic mass is 10.1. The number of imidazole rings is 1. The number of fused-ring (bicyclic) bond motifs is 2. The van der Waals surface area contributed by atoms with Gasteiger partial charge in [-0.25, -0.2) is 9.69 Å². The molecule has 0 bridgehead atoms. The van der Waals surface area contributed by atoms with E-state index in [0.717, 1.165) is 26.5 Å². The number of piperazine rings is 1. The van der Waals surface area contributed by atoms with Crippen LogP contribution in [0.2, 0.25) is 0 Å². The Hall–Kier alpha value is -5.03. The van der Waals surface area contributed by atoms with E-state index in [0.29, 0.717) is 55.5 Å². The SMILES string of the molecule is Cc1ccc(Cn2c(N3CCN(C4CC(=O)N(c5cccc6ccccc56)C4=O)CC3)nc3c2c(=O)n(C)c(=O)n3C)cc1. The number of rotatable bonds is 5. The molecule has 11 heteroatoms. The summed E-state index contributed by atoms with van der Waals surface area (Å²) in [6.45, 7) is 4.59. The quantitative estimate of drug-likeness (QED) is 0.289. The van der Waals surface area contributed by atoms with Crippen LogP contribution in [0, 0.1) is 6.92 Å². The van der Waals surface area contributed by atoms with E-state index in [-0.39, 0.29) is 18.2 Å². The summed E-state index contributed by atoms with van der Waals surface area (Å²) >= 11 is 0. The van der Waals surface area contributed by atoms with Gasteiger partial charge in [-0.1, -0.05) is 66.2 Å². The van der Waals surface area contributed by atoms with Crippen LogP contribution in [0.3, 0.4) is 0 Å². The highest BCUT2D eigenvalue weighted by atomic mass is 16.2. The number of carbonyl (C=O) groups excluding carboxylic acids is 2. The zero-order chi connectivity index (χ0) is 30.7. The summed E-state index contributed by atoms with van der Waals surface area (Å²) in [5.74, 6) is 0.199. The molecule has 7 rings (SSSR count). The number of hydrogen-bond donors (Lipinski definition) is 0. The second kappa shape index (κ2) is 10.6. The van der Waals surface area contributed by atoms with Gasteiger partial charge in [-0.3, -0.25) is 33.0 Å². The Bertz CT molecular complexity index is 2060. The minimum Gasteiger partial charge on any atom is -0.340 e. The van der Waals surface area contributed by atoms with E-state index in [1.807, 2.05) is 78.2 Å². The number of hydrogen-bond acceptors (Lipinski definition) is 7. The second-order valence-corrected chi connectivity index (χ2v) is 11.7. The fourth-order valence-electron chi connectivity index (χ4n) is 6.49. The van der Waals surface area contributed by atoms with E-state index in [1.54, 1.807) is 7.05 Å². The Morgan fingerprint density at radius 1 is 0.818 bits per heavy atom. The first-order chi connectivity index (χ1) is 21.2. The molecule has 0 N–H and O–H groups in total. The normalized spacial score (nSPS) is 17.8. The van der Waals surface area contributed by atoms with Gasteiger partial charge in [-0.15, -0.1) is 0 Å². The first-order valence-electron chi connectivity index (χ1n) is 14.8. The molecule has 0 radical (unpaired) electrons. The molecule has 1 unspecified atom stereocenters. The minimum absolute atomic E-state index is 0.131. The van der Waals surface area contributed by atoms with E-state index in [4.69, 9.17) is 4.98 Å². The van der Waals surface area contributed by atoms with Crippen LogP contribution in [-0.4, -0.2) is 67.6 Å². The van der Waals surface area contributed by atoms with E-state index in [2.05, 4.69) is 9.80 Å². The van der Waals surface area contributed by atoms with Gasteiger partial charge in [0.25, 0.3) is 11.5 Å². The molecule has 0 saturated carbocycles. The van der Waals surface area contributed by atoms with Crippen molar-refractivity contribution in [2.45, 2.75) is 25.9 Å². The number of amides is 2. The highest BCUT2D eigenvalue weighted by molar-refractivity contribution is 6.25. The van der Waals surface area contributed by atoms with Crippen molar-refractivity contribution in [3.05, 3.63) is 98.7 Å². The maximum Gasteiger partial charge on any atom is 0.332 e. The Morgan fingerprint density at radius 2 is 1.52 bits per heavy atom. The summed E-state index contributed by atoms with van der Waals surface area (Å²) in [4.78, 5) is 63.4. The zero-order valence-corrected chi connectivity index (χ0v) is 24.9. The van der Waals surface area contributed by atoms with Crippen LogP contribution >= 0.6 is 0 Å². The number of carbonyl (C=O) groups is 2. The largest absolute Gasteiger partial charge is 0.340 e. The Kier molecular flexibility index (Phi) is 6.69. The molecule has 2 amide bonds. The number of imide groups is 1. The van der Waals surface area contributed by atoms with Crippen molar-refractivity contribution in [2.75, 3.05) is 36.0 Å². The zero-order valence-electron chi connectivity index (χ0n) is 24.9. The minimum atomic E-state index is -0.539. The summed E-state index contributed by atoms with van der Waals surface area (Å²) in [5.41, 5.74) is 2.65. The van der Waals surface area contributed by atoms with Gasteiger partial charge >= 0.3 is 5.69 Å². The first-order valence-corrected chi connectivity index (χ1v) is 14.8. The third-order valence-electron chi connectivity index (χ3n) is 8.96.